The van der Waals surface area contributed by atoms with E-state index in [1.54, 1.807) is 20.5 Å². The Morgan fingerprint density at radius 1 is 0.938 bits per heavy atom. The summed E-state index contributed by atoms with van der Waals surface area (Å²) in [5.41, 5.74) is 2.42. The predicted octanol–water partition coefficient (Wildman–Crippen LogP) is 4.07. The Hall–Kier alpha value is -3.39. The summed E-state index contributed by atoms with van der Waals surface area (Å²) in [5.74, 6) is 2.83. The zero-order chi connectivity index (χ0) is 22.5. The van der Waals surface area contributed by atoms with Gasteiger partial charge in [-0.3, -0.25) is 4.40 Å². The van der Waals surface area contributed by atoms with Crippen molar-refractivity contribution in [1.29, 1.82) is 0 Å². The number of aromatic nitrogens is 4. The van der Waals surface area contributed by atoms with Crippen LogP contribution >= 0.6 is 0 Å². The monoisotopic (exact) mass is 435 g/mol. The first-order valence-electron chi connectivity index (χ1n) is 10.9. The predicted molar refractivity (Wildman–Crippen MR) is 125 cm³/mol. The van der Waals surface area contributed by atoms with Crippen LogP contribution in [0.25, 0.3) is 27.9 Å². The van der Waals surface area contributed by atoms with E-state index >= 15 is 0 Å². The Kier molecular flexibility index (Phi) is 6.70. The van der Waals surface area contributed by atoms with E-state index in [4.69, 9.17) is 14.2 Å². The molecule has 2 aromatic heterocycles. The van der Waals surface area contributed by atoms with E-state index in [0.717, 1.165) is 54.1 Å². The van der Waals surface area contributed by atoms with Crippen LogP contribution in [0.3, 0.4) is 0 Å². The highest BCUT2D eigenvalue weighted by atomic mass is 16.5. The molecule has 4 aromatic rings. The Morgan fingerprint density at radius 3 is 2.34 bits per heavy atom. The zero-order valence-electron chi connectivity index (χ0n) is 19.0. The Morgan fingerprint density at radius 2 is 1.66 bits per heavy atom. The van der Waals surface area contributed by atoms with Crippen molar-refractivity contribution >= 4 is 16.6 Å². The van der Waals surface area contributed by atoms with Gasteiger partial charge in [-0.2, -0.15) is 0 Å². The van der Waals surface area contributed by atoms with Gasteiger partial charge in [-0.25, -0.2) is 4.98 Å². The van der Waals surface area contributed by atoms with Crippen LogP contribution in [0.1, 0.15) is 20.3 Å². The minimum atomic E-state index is 0.627. The second-order valence-corrected chi connectivity index (χ2v) is 7.44. The summed E-state index contributed by atoms with van der Waals surface area (Å²) in [4.78, 5) is 6.96. The number of fused-ring (bicyclic) bond motifs is 3. The third-order valence-electron chi connectivity index (χ3n) is 5.65. The average molecular weight is 436 g/mol. The summed E-state index contributed by atoms with van der Waals surface area (Å²) in [5, 5.41) is 9.67. The van der Waals surface area contributed by atoms with Crippen molar-refractivity contribution in [1.82, 2.24) is 24.5 Å². The molecular weight excluding hydrogens is 406 g/mol. The van der Waals surface area contributed by atoms with E-state index in [9.17, 15) is 0 Å². The molecule has 0 aliphatic heterocycles. The van der Waals surface area contributed by atoms with Crippen LogP contribution in [0, 0.1) is 0 Å². The van der Waals surface area contributed by atoms with Gasteiger partial charge in [0.2, 0.25) is 0 Å². The molecule has 0 unspecified atom stereocenters. The van der Waals surface area contributed by atoms with E-state index in [1.165, 1.54) is 0 Å². The van der Waals surface area contributed by atoms with Crippen molar-refractivity contribution in [3.8, 4) is 28.6 Å². The minimum absolute atomic E-state index is 0.627. The summed E-state index contributed by atoms with van der Waals surface area (Å²) in [6, 6.07) is 11.6. The highest BCUT2D eigenvalue weighted by Crippen LogP contribution is 2.33. The molecule has 0 bridgehead atoms. The summed E-state index contributed by atoms with van der Waals surface area (Å²) >= 11 is 0. The second kappa shape index (κ2) is 9.82. The first kappa shape index (κ1) is 21.8. The van der Waals surface area contributed by atoms with E-state index < -0.39 is 0 Å². The van der Waals surface area contributed by atoms with Crippen molar-refractivity contribution in [3.63, 3.8) is 0 Å². The molecular formula is C24H29N5O3. The van der Waals surface area contributed by atoms with E-state index in [-0.39, 0.29) is 0 Å². The molecule has 4 rings (SSSR count). The maximum absolute atomic E-state index is 5.90. The molecule has 0 aliphatic carbocycles. The van der Waals surface area contributed by atoms with Crippen LogP contribution < -0.4 is 14.2 Å². The molecule has 0 radical (unpaired) electrons. The lowest BCUT2D eigenvalue weighted by Gasteiger charge is -2.17. The first-order chi connectivity index (χ1) is 15.7. The highest BCUT2D eigenvalue weighted by molar-refractivity contribution is 5.94. The third kappa shape index (κ3) is 4.31. The lowest BCUT2D eigenvalue weighted by molar-refractivity contribution is 0.249. The minimum Gasteiger partial charge on any atom is -0.494 e. The maximum atomic E-state index is 5.90. The summed E-state index contributed by atoms with van der Waals surface area (Å²) in [6.45, 7) is 8.26. The molecule has 32 heavy (non-hydrogen) atoms. The highest BCUT2D eigenvalue weighted by Gasteiger charge is 2.15. The summed E-state index contributed by atoms with van der Waals surface area (Å²) < 4.78 is 18.6. The fourth-order valence-corrected chi connectivity index (χ4v) is 3.77. The molecule has 8 heteroatoms. The van der Waals surface area contributed by atoms with Gasteiger partial charge in [-0.15, -0.1) is 10.2 Å². The van der Waals surface area contributed by atoms with E-state index in [0.29, 0.717) is 23.8 Å². The van der Waals surface area contributed by atoms with Crippen LogP contribution in [0.15, 0.2) is 42.7 Å². The number of ether oxygens (including phenoxy) is 3. The maximum Gasteiger partial charge on any atom is 0.171 e. The van der Waals surface area contributed by atoms with E-state index in [2.05, 4.69) is 33.9 Å². The van der Waals surface area contributed by atoms with Gasteiger partial charge in [0.25, 0.3) is 0 Å². The van der Waals surface area contributed by atoms with Crippen LogP contribution in [0.5, 0.6) is 17.2 Å². The first-order valence-corrected chi connectivity index (χ1v) is 10.9. The number of rotatable bonds is 10. The number of hydrogen-bond acceptors (Lipinski definition) is 7. The molecule has 0 atom stereocenters. The molecule has 0 saturated heterocycles. The van der Waals surface area contributed by atoms with Crippen LogP contribution in [-0.2, 0) is 0 Å². The molecule has 0 spiro atoms. The van der Waals surface area contributed by atoms with Crippen molar-refractivity contribution in [2.24, 2.45) is 0 Å². The second-order valence-electron chi connectivity index (χ2n) is 7.44. The molecule has 0 N–H and O–H groups in total. The van der Waals surface area contributed by atoms with Gasteiger partial charge < -0.3 is 19.1 Å². The van der Waals surface area contributed by atoms with Gasteiger partial charge in [0, 0.05) is 23.6 Å². The zero-order valence-corrected chi connectivity index (χ0v) is 19.0. The SMILES string of the molecule is CCN(CC)CCCOc1ccc(-c2nnc3c4cc(OC)c(OC)cc4ncn23)cc1. The van der Waals surface area contributed by atoms with Gasteiger partial charge in [0.05, 0.1) is 26.3 Å². The van der Waals surface area contributed by atoms with Crippen molar-refractivity contribution in [2.45, 2.75) is 20.3 Å². The van der Waals surface area contributed by atoms with Gasteiger partial charge in [-0.05, 0) is 49.8 Å². The van der Waals surface area contributed by atoms with Crippen LogP contribution in [0.2, 0.25) is 0 Å². The molecule has 168 valence electrons. The quantitative estimate of drug-likeness (QED) is 0.348. The van der Waals surface area contributed by atoms with Gasteiger partial charge in [0.15, 0.2) is 23.0 Å². The molecule has 2 aromatic carbocycles. The molecule has 0 aliphatic rings. The topological polar surface area (TPSA) is 74.0 Å². The standard InChI is InChI=1S/C24H29N5O3/c1-5-28(6-2)12-7-13-32-18-10-8-17(9-11-18)23-26-27-24-19-14-21(30-3)22(31-4)15-20(19)25-16-29(23)24/h8-11,14-16H,5-7,12-13H2,1-4H3. The van der Waals surface area contributed by atoms with E-state index in [1.807, 2.05) is 40.8 Å². The number of methoxy groups -OCH3 is 2. The molecule has 2 heterocycles. The largest absolute Gasteiger partial charge is 0.494 e. The lowest BCUT2D eigenvalue weighted by atomic mass is 10.2. The van der Waals surface area contributed by atoms with Gasteiger partial charge >= 0.3 is 0 Å². The Labute approximate surface area is 187 Å². The fraction of sp³-hybridized carbons (Fsp3) is 0.375. The van der Waals surface area contributed by atoms with Gasteiger partial charge in [0.1, 0.15) is 12.1 Å². The van der Waals surface area contributed by atoms with Crippen molar-refractivity contribution in [3.05, 3.63) is 42.7 Å². The summed E-state index contributed by atoms with van der Waals surface area (Å²) in [7, 11) is 3.22. The molecule has 0 amide bonds. The van der Waals surface area contributed by atoms with Crippen LogP contribution in [0.4, 0.5) is 0 Å². The normalized spacial score (nSPS) is 11.4. The smallest absolute Gasteiger partial charge is 0.171 e. The fourth-order valence-electron chi connectivity index (χ4n) is 3.77. The number of nitrogens with zero attached hydrogens (tertiary/aromatic N) is 5. The Balaban J connectivity index is 1.54. The van der Waals surface area contributed by atoms with Crippen molar-refractivity contribution in [2.75, 3.05) is 40.5 Å². The number of benzene rings is 2. The summed E-state index contributed by atoms with van der Waals surface area (Å²) in [6.07, 6.45) is 2.74. The molecule has 0 fully saturated rings. The Bertz CT molecular complexity index is 1190. The van der Waals surface area contributed by atoms with Crippen molar-refractivity contribution < 1.29 is 14.2 Å². The average Bonchev–Trinajstić information content (AvgIpc) is 3.28. The molecule has 8 nitrogen and oxygen atoms in total. The number of hydrogen-bond donors (Lipinski definition) is 0. The molecule has 0 saturated carbocycles. The van der Waals surface area contributed by atoms with Gasteiger partial charge in [-0.1, -0.05) is 13.8 Å². The lowest BCUT2D eigenvalue weighted by Crippen LogP contribution is -2.25. The van der Waals surface area contributed by atoms with Crippen LogP contribution in [-0.4, -0.2) is 64.9 Å². The third-order valence-corrected chi connectivity index (χ3v) is 5.65.